The third-order valence-electron chi connectivity index (χ3n) is 6.87. The molecule has 0 radical (unpaired) electrons. The number of aromatic nitrogens is 1. The molecule has 0 bridgehead atoms. The molecular formula is C30H28N2O7S. The van der Waals surface area contributed by atoms with E-state index in [1.807, 2.05) is 18.2 Å². The fourth-order valence-electron chi connectivity index (χ4n) is 4.79. The van der Waals surface area contributed by atoms with E-state index in [-0.39, 0.29) is 11.3 Å². The van der Waals surface area contributed by atoms with Crippen LogP contribution in [0.5, 0.6) is 23.0 Å². The molecule has 206 valence electrons. The zero-order chi connectivity index (χ0) is 28.6. The number of carbonyl (C=O) groups excluding carboxylic acids is 2. The van der Waals surface area contributed by atoms with Gasteiger partial charge in [0.1, 0.15) is 11.5 Å². The quantitative estimate of drug-likeness (QED) is 0.171. The summed E-state index contributed by atoms with van der Waals surface area (Å²) in [5.74, 6) is -0.347. The highest BCUT2D eigenvalue weighted by Gasteiger charge is 2.48. The van der Waals surface area contributed by atoms with Crippen molar-refractivity contribution in [2.45, 2.75) is 19.4 Å². The summed E-state index contributed by atoms with van der Waals surface area (Å²) in [5.41, 5.74) is 2.58. The molecule has 5 rings (SSSR count). The van der Waals surface area contributed by atoms with E-state index in [9.17, 15) is 14.7 Å². The first-order valence-electron chi connectivity index (χ1n) is 12.5. The number of ether oxygens (including phenoxy) is 4. The van der Waals surface area contributed by atoms with Gasteiger partial charge in [0.15, 0.2) is 16.6 Å². The lowest BCUT2D eigenvalue weighted by Crippen LogP contribution is -2.29. The number of amides is 1. The molecule has 1 fully saturated rings. The summed E-state index contributed by atoms with van der Waals surface area (Å²) in [7, 11) is 5.98. The van der Waals surface area contributed by atoms with Crippen LogP contribution in [0.3, 0.4) is 0 Å². The second-order valence-electron chi connectivity index (χ2n) is 9.01. The van der Waals surface area contributed by atoms with Crippen molar-refractivity contribution < 1.29 is 33.6 Å². The van der Waals surface area contributed by atoms with Gasteiger partial charge in [0, 0.05) is 5.56 Å². The van der Waals surface area contributed by atoms with Gasteiger partial charge in [0.2, 0.25) is 5.75 Å². The summed E-state index contributed by atoms with van der Waals surface area (Å²) >= 11 is 1.30. The highest BCUT2D eigenvalue weighted by atomic mass is 32.1. The monoisotopic (exact) mass is 560 g/mol. The Morgan fingerprint density at radius 3 is 2.17 bits per heavy atom. The zero-order valence-corrected chi connectivity index (χ0v) is 23.5. The third kappa shape index (κ3) is 4.50. The van der Waals surface area contributed by atoms with E-state index in [2.05, 4.69) is 6.92 Å². The number of carbonyl (C=O) groups is 2. The third-order valence-corrected chi connectivity index (χ3v) is 7.88. The summed E-state index contributed by atoms with van der Waals surface area (Å²) in [4.78, 5) is 33.3. The average molecular weight is 561 g/mol. The van der Waals surface area contributed by atoms with Crippen LogP contribution < -0.4 is 23.8 Å². The van der Waals surface area contributed by atoms with Gasteiger partial charge in [0.25, 0.3) is 5.78 Å². The van der Waals surface area contributed by atoms with Crippen molar-refractivity contribution in [1.29, 1.82) is 0 Å². The first kappa shape index (κ1) is 27.0. The minimum atomic E-state index is -1.03. The predicted molar refractivity (Wildman–Crippen MR) is 153 cm³/mol. The normalized spacial score (nSPS) is 16.4. The Bertz CT molecular complexity index is 1620. The number of aliphatic hydroxyl groups is 1. The second kappa shape index (κ2) is 10.9. The Hall–Kier alpha value is -4.57. The minimum absolute atomic E-state index is 0.0852. The predicted octanol–water partition coefficient (Wildman–Crippen LogP) is 5.52. The molecule has 0 unspecified atom stereocenters. The van der Waals surface area contributed by atoms with Crippen LogP contribution in [-0.4, -0.2) is 50.2 Å². The Morgan fingerprint density at radius 1 is 0.925 bits per heavy atom. The lowest BCUT2D eigenvalue weighted by molar-refractivity contribution is -0.132. The number of Topliss-reactive ketones (excluding diaryl/α,β-unsaturated/α-hetero) is 1. The molecule has 0 spiro atoms. The number of hydrogen-bond donors (Lipinski definition) is 1. The SMILES string of the molecule is CCc1ccc2nc(N3C(=O)C(=O)C(=C(O)c4ccc(OC)cc4)[C@@H]3c3cc(OC)c(OC)c(OC)c3)sc2c1. The lowest BCUT2D eigenvalue weighted by Gasteiger charge is -2.24. The molecule has 1 N–H and O–H groups in total. The van der Waals surface area contributed by atoms with Crippen molar-refractivity contribution in [3.63, 3.8) is 0 Å². The number of rotatable bonds is 8. The molecule has 1 saturated heterocycles. The van der Waals surface area contributed by atoms with Gasteiger partial charge in [-0.3, -0.25) is 14.5 Å². The number of aliphatic hydroxyl groups excluding tert-OH is 1. The van der Waals surface area contributed by atoms with E-state index < -0.39 is 17.7 Å². The van der Waals surface area contributed by atoms with Crippen LogP contribution in [0.4, 0.5) is 5.13 Å². The highest BCUT2D eigenvalue weighted by Crippen LogP contribution is 2.48. The number of fused-ring (bicyclic) bond motifs is 1. The summed E-state index contributed by atoms with van der Waals surface area (Å²) in [6.07, 6.45) is 0.848. The molecule has 10 heteroatoms. The molecule has 0 aliphatic carbocycles. The fraction of sp³-hybridized carbons (Fsp3) is 0.233. The molecule has 3 aromatic carbocycles. The maximum absolute atomic E-state index is 13.7. The van der Waals surface area contributed by atoms with Crippen LogP contribution in [0.1, 0.15) is 29.7 Å². The number of nitrogens with zero attached hydrogens (tertiary/aromatic N) is 2. The Morgan fingerprint density at radius 2 is 1.60 bits per heavy atom. The molecule has 2 heterocycles. The zero-order valence-electron chi connectivity index (χ0n) is 22.7. The summed E-state index contributed by atoms with van der Waals surface area (Å²) < 4.78 is 22.7. The maximum Gasteiger partial charge on any atom is 0.301 e. The van der Waals surface area contributed by atoms with E-state index in [1.54, 1.807) is 36.4 Å². The van der Waals surface area contributed by atoms with Gasteiger partial charge in [-0.25, -0.2) is 4.98 Å². The molecule has 4 aromatic rings. The molecule has 1 aliphatic heterocycles. The van der Waals surface area contributed by atoms with Crippen molar-refractivity contribution in [1.82, 2.24) is 4.98 Å². The van der Waals surface area contributed by atoms with E-state index in [4.69, 9.17) is 23.9 Å². The Kier molecular flexibility index (Phi) is 7.36. The summed E-state index contributed by atoms with van der Waals surface area (Å²) in [6, 6.07) is 14.8. The smallest absolute Gasteiger partial charge is 0.301 e. The standard InChI is InChI=1S/C30H28N2O7S/c1-6-16-7-12-20-23(13-16)40-30(31-20)32-25(18-14-21(37-3)28(39-5)22(15-18)38-4)24(27(34)29(32)35)26(33)17-8-10-19(36-2)11-9-17/h7-15,25,33H,6H2,1-5H3/t25-/m0/s1. The van der Waals surface area contributed by atoms with Gasteiger partial charge in [-0.2, -0.15) is 0 Å². The number of thiazole rings is 1. The molecule has 9 nitrogen and oxygen atoms in total. The van der Waals surface area contributed by atoms with Crippen molar-refractivity contribution in [2.75, 3.05) is 33.3 Å². The van der Waals surface area contributed by atoms with Crippen molar-refractivity contribution >= 4 is 44.1 Å². The van der Waals surface area contributed by atoms with Gasteiger partial charge in [-0.05, 0) is 66.1 Å². The first-order valence-corrected chi connectivity index (χ1v) is 13.3. The van der Waals surface area contributed by atoms with Crippen molar-refractivity contribution in [2.24, 2.45) is 0 Å². The molecule has 1 atom stereocenters. The van der Waals surface area contributed by atoms with Crippen LogP contribution in [0.25, 0.3) is 16.0 Å². The molecule has 1 amide bonds. The van der Waals surface area contributed by atoms with Crippen LogP contribution in [0, 0.1) is 0 Å². The van der Waals surface area contributed by atoms with E-state index in [0.717, 1.165) is 16.7 Å². The molecular weight excluding hydrogens is 532 g/mol. The average Bonchev–Trinajstić information content (AvgIpc) is 3.53. The second-order valence-corrected chi connectivity index (χ2v) is 10.0. The van der Waals surface area contributed by atoms with Gasteiger partial charge < -0.3 is 24.1 Å². The van der Waals surface area contributed by atoms with Gasteiger partial charge in [-0.15, -0.1) is 0 Å². The molecule has 1 aliphatic rings. The maximum atomic E-state index is 13.7. The fourth-order valence-corrected chi connectivity index (χ4v) is 5.84. The number of anilines is 1. The first-order chi connectivity index (χ1) is 19.3. The summed E-state index contributed by atoms with van der Waals surface area (Å²) in [6.45, 7) is 2.06. The van der Waals surface area contributed by atoms with Crippen molar-refractivity contribution in [3.05, 3.63) is 76.9 Å². The van der Waals surface area contributed by atoms with Gasteiger partial charge in [-0.1, -0.05) is 24.3 Å². The Balaban J connectivity index is 1.76. The number of benzene rings is 3. The number of hydrogen-bond acceptors (Lipinski definition) is 9. The molecule has 40 heavy (non-hydrogen) atoms. The minimum Gasteiger partial charge on any atom is -0.507 e. The van der Waals surface area contributed by atoms with Crippen LogP contribution in [-0.2, 0) is 16.0 Å². The van der Waals surface area contributed by atoms with E-state index in [1.165, 1.54) is 44.7 Å². The highest BCUT2D eigenvalue weighted by molar-refractivity contribution is 7.22. The topological polar surface area (TPSA) is 107 Å². The molecule has 0 saturated carbocycles. The van der Waals surface area contributed by atoms with Crippen LogP contribution in [0.2, 0.25) is 0 Å². The lowest BCUT2D eigenvalue weighted by atomic mass is 9.94. The number of aryl methyl sites for hydroxylation is 1. The van der Waals surface area contributed by atoms with Crippen molar-refractivity contribution in [3.8, 4) is 23.0 Å². The van der Waals surface area contributed by atoms with Gasteiger partial charge in [0.05, 0.1) is 50.3 Å². The van der Waals surface area contributed by atoms with Gasteiger partial charge >= 0.3 is 5.91 Å². The van der Waals surface area contributed by atoms with E-state index >= 15 is 0 Å². The van der Waals surface area contributed by atoms with E-state index in [0.29, 0.717) is 44.8 Å². The number of methoxy groups -OCH3 is 4. The Labute approximate surface area is 235 Å². The number of ketones is 1. The van der Waals surface area contributed by atoms with Crippen LogP contribution in [0.15, 0.2) is 60.2 Å². The largest absolute Gasteiger partial charge is 0.507 e. The van der Waals surface area contributed by atoms with Crippen LogP contribution >= 0.6 is 11.3 Å². The summed E-state index contributed by atoms with van der Waals surface area (Å²) in [5, 5.41) is 11.8. The molecule has 1 aromatic heterocycles.